The van der Waals surface area contributed by atoms with Gasteiger partial charge in [-0.2, -0.15) is 0 Å². The first kappa shape index (κ1) is 19.1. The molecule has 0 heterocycles. The second kappa shape index (κ2) is 8.82. The summed E-state index contributed by atoms with van der Waals surface area (Å²) in [6.07, 6.45) is 1.64. The molecule has 0 saturated carbocycles. The fourth-order valence-corrected chi connectivity index (χ4v) is 3.04. The third-order valence-electron chi connectivity index (χ3n) is 4.43. The van der Waals surface area contributed by atoms with E-state index in [1.165, 1.54) is 0 Å². The van der Waals surface area contributed by atoms with Gasteiger partial charge in [0.1, 0.15) is 17.8 Å². The Morgan fingerprint density at radius 3 is 1.86 bits per heavy atom. The minimum absolute atomic E-state index is 0.589. The van der Waals surface area contributed by atoms with Crippen molar-refractivity contribution in [2.24, 2.45) is 0 Å². The van der Waals surface area contributed by atoms with Crippen LogP contribution in [0.2, 0.25) is 0 Å². The van der Waals surface area contributed by atoms with Crippen molar-refractivity contribution in [2.45, 2.75) is 0 Å². The molecule has 0 aromatic heterocycles. The van der Waals surface area contributed by atoms with E-state index in [4.69, 9.17) is 9.47 Å². The highest BCUT2D eigenvalue weighted by Gasteiger charge is 2.04. The molecule has 0 atom stereocenters. The summed E-state index contributed by atoms with van der Waals surface area (Å²) in [6, 6.07) is 23.0. The summed E-state index contributed by atoms with van der Waals surface area (Å²) < 4.78 is 10.3. The van der Waals surface area contributed by atoms with E-state index in [9.17, 15) is 9.59 Å². The molecule has 0 amide bonds. The average molecular weight is 372 g/mol. The second-order valence-electron chi connectivity index (χ2n) is 6.12. The molecule has 0 unspecified atom stereocenters. The molecule has 0 radical (unpaired) electrons. The van der Waals surface area contributed by atoms with Crippen molar-refractivity contribution in [3.8, 4) is 11.5 Å². The number of methoxy groups -OCH3 is 2. The second-order valence-corrected chi connectivity index (χ2v) is 6.12. The summed E-state index contributed by atoms with van der Waals surface area (Å²) in [6.45, 7) is 0. The van der Waals surface area contributed by atoms with E-state index in [1.807, 2.05) is 66.7 Å². The van der Waals surface area contributed by atoms with Gasteiger partial charge in [0.25, 0.3) is 0 Å². The van der Waals surface area contributed by atoms with Crippen LogP contribution in [0, 0.1) is 0 Å². The number of fused-ring (bicyclic) bond motifs is 2. The van der Waals surface area contributed by atoms with Crippen molar-refractivity contribution < 1.29 is 19.1 Å². The van der Waals surface area contributed by atoms with Gasteiger partial charge in [0.2, 0.25) is 0 Å². The highest BCUT2D eigenvalue weighted by Crippen LogP contribution is 2.26. The van der Waals surface area contributed by atoms with E-state index in [-0.39, 0.29) is 0 Å². The standard InChI is InChI=1S/2C12H10O2/c1-14-12-7-9(8-13)6-10-4-2-3-5-11(10)12;1-14-12-7-10-5-3-2-4-9(10)6-11(12)8-13/h2*2-8H,1H3. The maximum Gasteiger partial charge on any atom is 0.153 e. The van der Waals surface area contributed by atoms with Crippen LogP contribution in [-0.4, -0.2) is 26.8 Å². The van der Waals surface area contributed by atoms with E-state index in [0.717, 1.165) is 39.9 Å². The summed E-state index contributed by atoms with van der Waals surface area (Å²) in [5, 5.41) is 4.18. The molecular formula is C24H20O4. The van der Waals surface area contributed by atoms with Gasteiger partial charge in [-0.05, 0) is 40.4 Å². The van der Waals surface area contributed by atoms with Gasteiger partial charge in [-0.25, -0.2) is 0 Å². The zero-order valence-corrected chi connectivity index (χ0v) is 15.7. The van der Waals surface area contributed by atoms with Gasteiger partial charge in [0.15, 0.2) is 6.29 Å². The molecular weight excluding hydrogens is 352 g/mol. The normalized spacial score (nSPS) is 10.1. The first-order chi connectivity index (χ1) is 13.7. The minimum Gasteiger partial charge on any atom is -0.496 e. The molecule has 4 heteroatoms. The summed E-state index contributed by atoms with van der Waals surface area (Å²) in [5.74, 6) is 1.36. The first-order valence-corrected chi connectivity index (χ1v) is 8.74. The third kappa shape index (κ3) is 4.01. The van der Waals surface area contributed by atoms with Crippen molar-refractivity contribution in [2.75, 3.05) is 14.2 Å². The molecule has 0 aliphatic carbocycles. The smallest absolute Gasteiger partial charge is 0.153 e. The molecule has 4 nitrogen and oxygen atoms in total. The number of hydrogen-bond acceptors (Lipinski definition) is 4. The summed E-state index contributed by atoms with van der Waals surface area (Å²) in [7, 11) is 3.17. The van der Waals surface area contributed by atoms with Gasteiger partial charge in [-0.1, -0.05) is 48.5 Å². The Hall–Kier alpha value is -3.66. The van der Waals surface area contributed by atoms with Crippen LogP contribution < -0.4 is 9.47 Å². The number of carbonyl (C=O) groups excluding carboxylic acids is 2. The zero-order valence-electron chi connectivity index (χ0n) is 15.7. The zero-order chi connectivity index (χ0) is 19.9. The van der Waals surface area contributed by atoms with E-state index >= 15 is 0 Å². The Balaban J connectivity index is 0.000000161. The Labute approximate surface area is 163 Å². The Morgan fingerprint density at radius 2 is 1.25 bits per heavy atom. The van der Waals surface area contributed by atoms with Crippen molar-refractivity contribution in [1.29, 1.82) is 0 Å². The molecule has 4 aromatic carbocycles. The predicted molar refractivity (Wildman–Crippen MR) is 112 cm³/mol. The number of carbonyl (C=O) groups is 2. The largest absolute Gasteiger partial charge is 0.496 e. The molecule has 0 N–H and O–H groups in total. The van der Waals surface area contributed by atoms with Crippen LogP contribution in [0.4, 0.5) is 0 Å². The van der Waals surface area contributed by atoms with Crippen molar-refractivity contribution in [3.05, 3.63) is 83.9 Å². The van der Waals surface area contributed by atoms with Gasteiger partial charge in [0, 0.05) is 10.9 Å². The van der Waals surface area contributed by atoms with Crippen molar-refractivity contribution in [1.82, 2.24) is 0 Å². The lowest BCUT2D eigenvalue weighted by Crippen LogP contribution is -1.90. The number of benzene rings is 4. The first-order valence-electron chi connectivity index (χ1n) is 8.74. The van der Waals surface area contributed by atoms with E-state index < -0.39 is 0 Å². The van der Waals surface area contributed by atoms with Crippen LogP contribution in [0.5, 0.6) is 11.5 Å². The maximum atomic E-state index is 10.7. The van der Waals surface area contributed by atoms with Crippen LogP contribution in [-0.2, 0) is 0 Å². The maximum absolute atomic E-state index is 10.7. The Kier molecular flexibility index (Phi) is 6.02. The average Bonchev–Trinajstić information content (AvgIpc) is 2.77. The molecule has 28 heavy (non-hydrogen) atoms. The lowest BCUT2D eigenvalue weighted by molar-refractivity contribution is 0.111. The molecule has 0 aliphatic rings. The molecule has 0 saturated heterocycles. The summed E-state index contributed by atoms with van der Waals surface area (Å²) in [4.78, 5) is 21.4. The molecule has 4 aromatic rings. The lowest BCUT2D eigenvalue weighted by atomic mass is 10.1. The van der Waals surface area contributed by atoms with Gasteiger partial charge in [0.05, 0.1) is 19.8 Å². The van der Waals surface area contributed by atoms with E-state index in [0.29, 0.717) is 16.9 Å². The summed E-state index contributed by atoms with van der Waals surface area (Å²) in [5.41, 5.74) is 1.23. The molecule has 0 bridgehead atoms. The Bertz CT molecular complexity index is 1130. The van der Waals surface area contributed by atoms with Gasteiger partial charge in [-0.3, -0.25) is 9.59 Å². The van der Waals surface area contributed by atoms with E-state index in [2.05, 4.69) is 0 Å². The molecule has 0 aliphatic heterocycles. The number of aldehydes is 2. The lowest BCUT2D eigenvalue weighted by Gasteiger charge is -2.05. The van der Waals surface area contributed by atoms with Crippen LogP contribution in [0.1, 0.15) is 20.7 Å². The monoisotopic (exact) mass is 372 g/mol. The van der Waals surface area contributed by atoms with Crippen molar-refractivity contribution in [3.63, 3.8) is 0 Å². The van der Waals surface area contributed by atoms with Gasteiger partial charge < -0.3 is 9.47 Å². The van der Waals surface area contributed by atoms with Gasteiger partial charge >= 0.3 is 0 Å². The quantitative estimate of drug-likeness (QED) is 0.455. The van der Waals surface area contributed by atoms with Crippen LogP contribution in [0.25, 0.3) is 21.5 Å². The predicted octanol–water partition coefficient (Wildman–Crippen LogP) is 5.32. The Morgan fingerprint density at radius 1 is 0.643 bits per heavy atom. The topological polar surface area (TPSA) is 52.6 Å². The number of rotatable bonds is 4. The molecule has 4 rings (SSSR count). The van der Waals surface area contributed by atoms with Crippen LogP contribution in [0.3, 0.4) is 0 Å². The molecule has 140 valence electrons. The fraction of sp³-hybridized carbons (Fsp3) is 0.0833. The number of ether oxygens (including phenoxy) is 2. The fourth-order valence-electron chi connectivity index (χ4n) is 3.04. The number of hydrogen-bond donors (Lipinski definition) is 0. The SMILES string of the molecule is COc1cc(C=O)cc2ccccc12.COc1cc2ccccc2cc1C=O. The third-order valence-corrected chi connectivity index (χ3v) is 4.43. The highest BCUT2D eigenvalue weighted by molar-refractivity contribution is 5.94. The van der Waals surface area contributed by atoms with E-state index in [1.54, 1.807) is 20.3 Å². The summed E-state index contributed by atoms with van der Waals surface area (Å²) >= 11 is 0. The van der Waals surface area contributed by atoms with Crippen molar-refractivity contribution >= 4 is 34.1 Å². The minimum atomic E-state index is 0.589. The molecule has 0 spiro atoms. The highest BCUT2D eigenvalue weighted by atomic mass is 16.5. The molecule has 0 fully saturated rings. The van der Waals surface area contributed by atoms with Crippen LogP contribution >= 0.6 is 0 Å². The van der Waals surface area contributed by atoms with Gasteiger partial charge in [-0.15, -0.1) is 0 Å². The van der Waals surface area contributed by atoms with Crippen LogP contribution in [0.15, 0.2) is 72.8 Å².